The Morgan fingerprint density at radius 3 is 2.39 bits per heavy atom. The molecule has 3 amide bonds. The fourth-order valence-corrected chi connectivity index (χ4v) is 2.66. The van der Waals surface area contributed by atoms with E-state index in [1.807, 2.05) is 13.8 Å². The van der Waals surface area contributed by atoms with Gasteiger partial charge in [0, 0.05) is 0 Å². The molecule has 3 atom stereocenters. The van der Waals surface area contributed by atoms with Gasteiger partial charge in [0.25, 0.3) is 0 Å². The first-order valence-corrected chi connectivity index (χ1v) is 9.30. The van der Waals surface area contributed by atoms with Crippen molar-refractivity contribution in [3.8, 4) is 0 Å². The minimum atomic E-state index is -0.935. The molecule has 158 valence electrons. The number of urea groups is 1. The number of Topliss-reactive ketones (excluding diaryl/α,β-unsaturated/α-hetero) is 1. The smallest absolute Gasteiger partial charge is 0.316 e. The van der Waals surface area contributed by atoms with Crippen LogP contribution in [0.1, 0.15) is 70.3 Å². The molecule has 1 heterocycles. The van der Waals surface area contributed by atoms with E-state index in [1.165, 1.54) is 6.92 Å². The molecule has 0 aliphatic rings. The highest BCUT2D eigenvalue weighted by atomic mass is 16.5. The number of amides is 3. The van der Waals surface area contributed by atoms with Crippen molar-refractivity contribution >= 4 is 17.7 Å². The van der Waals surface area contributed by atoms with E-state index in [1.54, 1.807) is 0 Å². The van der Waals surface area contributed by atoms with E-state index in [2.05, 4.69) is 20.8 Å². The molecular formula is C17H31N7O4. The Labute approximate surface area is 164 Å². The molecule has 0 aliphatic heterocycles. The van der Waals surface area contributed by atoms with E-state index in [9.17, 15) is 14.4 Å². The SMILES string of the molecule is CC(=O)[C@@H](NC(=O)N[C@H](CC(N)=O)c1nc([C@@H](N)CCCCN)no1)C(C)C. The minimum Gasteiger partial charge on any atom is -0.370 e. The number of aromatic nitrogens is 2. The van der Waals surface area contributed by atoms with E-state index in [0.717, 1.165) is 12.8 Å². The van der Waals surface area contributed by atoms with E-state index in [4.69, 9.17) is 21.7 Å². The fraction of sp³-hybridized carbons (Fsp3) is 0.706. The molecule has 0 aromatic carbocycles. The standard InChI is InChI=1S/C17H31N7O4/c1-9(2)14(10(3)25)22-17(27)21-12(8-13(20)26)16-23-15(24-28-16)11(19)6-4-5-7-18/h9,11-12,14H,4-8,18-19H2,1-3H3,(H2,20,26)(H2,21,22,27)/t11-,12+,14-/m0/s1. The monoisotopic (exact) mass is 397 g/mol. The zero-order valence-electron chi connectivity index (χ0n) is 16.6. The molecule has 0 saturated carbocycles. The van der Waals surface area contributed by atoms with Gasteiger partial charge in [-0.25, -0.2) is 4.79 Å². The largest absolute Gasteiger partial charge is 0.370 e. The molecule has 1 rings (SSSR count). The van der Waals surface area contributed by atoms with Crippen LogP contribution < -0.4 is 27.8 Å². The van der Waals surface area contributed by atoms with Gasteiger partial charge in [0.15, 0.2) is 11.6 Å². The average Bonchev–Trinajstić information content (AvgIpc) is 3.08. The van der Waals surface area contributed by atoms with Gasteiger partial charge in [0.2, 0.25) is 11.8 Å². The van der Waals surface area contributed by atoms with Gasteiger partial charge in [-0.15, -0.1) is 0 Å². The fourth-order valence-electron chi connectivity index (χ4n) is 2.66. The lowest BCUT2D eigenvalue weighted by Gasteiger charge is -2.21. The second-order valence-electron chi connectivity index (χ2n) is 7.05. The van der Waals surface area contributed by atoms with Crippen molar-refractivity contribution in [2.75, 3.05) is 6.54 Å². The number of carbonyl (C=O) groups is 3. The number of rotatable bonds is 12. The highest BCUT2D eigenvalue weighted by molar-refractivity contribution is 5.87. The average molecular weight is 397 g/mol. The quantitative estimate of drug-likeness (QED) is 0.305. The van der Waals surface area contributed by atoms with Crippen molar-refractivity contribution in [2.24, 2.45) is 23.1 Å². The molecule has 0 bridgehead atoms. The van der Waals surface area contributed by atoms with Gasteiger partial charge >= 0.3 is 6.03 Å². The molecule has 0 unspecified atom stereocenters. The maximum absolute atomic E-state index is 12.3. The molecular weight excluding hydrogens is 366 g/mol. The lowest BCUT2D eigenvalue weighted by molar-refractivity contribution is -0.120. The number of carbonyl (C=O) groups excluding carboxylic acids is 3. The van der Waals surface area contributed by atoms with Crippen molar-refractivity contribution in [3.05, 3.63) is 11.7 Å². The first-order chi connectivity index (χ1) is 13.1. The Hall–Kier alpha value is -2.53. The Morgan fingerprint density at radius 2 is 1.86 bits per heavy atom. The van der Waals surface area contributed by atoms with Gasteiger partial charge in [-0.05, 0) is 32.2 Å². The Balaban J connectivity index is 2.84. The summed E-state index contributed by atoms with van der Waals surface area (Å²) >= 11 is 0. The Bertz CT molecular complexity index is 662. The second-order valence-corrected chi connectivity index (χ2v) is 7.05. The zero-order chi connectivity index (χ0) is 21.3. The number of hydrogen-bond donors (Lipinski definition) is 5. The molecule has 1 aromatic rings. The van der Waals surface area contributed by atoms with Gasteiger partial charge in [-0.3, -0.25) is 9.59 Å². The molecule has 11 nitrogen and oxygen atoms in total. The van der Waals surface area contributed by atoms with Gasteiger partial charge < -0.3 is 32.4 Å². The minimum absolute atomic E-state index is 0.0159. The lowest BCUT2D eigenvalue weighted by atomic mass is 10.0. The second kappa shape index (κ2) is 11.3. The summed E-state index contributed by atoms with van der Waals surface area (Å²) in [4.78, 5) is 39.5. The summed E-state index contributed by atoms with van der Waals surface area (Å²) in [5, 5.41) is 8.96. The normalized spacial score (nSPS) is 14.4. The van der Waals surface area contributed by atoms with Crippen LogP contribution >= 0.6 is 0 Å². The van der Waals surface area contributed by atoms with Crippen LogP contribution in [-0.4, -0.2) is 40.4 Å². The van der Waals surface area contributed by atoms with E-state index in [-0.39, 0.29) is 29.8 Å². The summed E-state index contributed by atoms with van der Waals surface area (Å²) in [6.45, 7) is 5.58. The number of primary amides is 1. The number of hydrogen-bond acceptors (Lipinski definition) is 8. The molecule has 0 radical (unpaired) electrons. The van der Waals surface area contributed by atoms with Crippen LogP contribution in [0.5, 0.6) is 0 Å². The molecule has 0 saturated heterocycles. The number of nitrogens with two attached hydrogens (primary N) is 3. The number of nitrogens with zero attached hydrogens (tertiary/aromatic N) is 2. The molecule has 11 heteroatoms. The maximum Gasteiger partial charge on any atom is 0.316 e. The summed E-state index contributed by atoms with van der Waals surface area (Å²) in [6, 6.07) is -2.69. The van der Waals surface area contributed by atoms with E-state index >= 15 is 0 Å². The highest BCUT2D eigenvalue weighted by Gasteiger charge is 2.27. The summed E-state index contributed by atoms with van der Waals surface area (Å²) < 4.78 is 5.17. The van der Waals surface area contributed by atoms with Crippen LogP contribution in [0.4, 0.5) is 4.79 Å². The van der Waals surface area contributed by atoms with Crippen molar-refractivity contribution in [1.82, 2.24) is 20.8 Å². The van der Waals surface area contributed by atoms with Gasteiger partial charge in [0.05, 0.1) is 18.5 Å². The number of unbranched alkanes of at least 4 members (excludes halogenated alkanes) is 1. The van der Waals surface area contributed by atoms with Crippen LogP contribution in [0.3, 0.4) is 0 Å². The van der Waals surface area contributed by atoms with Crippen LogP contribution in [0.15, 0.2) is 4.52 Å². The van der Waals surface area contributed by atoms with Crippen molar-refractivity contribution in [1.29, 1.82) is 0 Å². The molecule has 0 spiro atoms. The summed E-state index contributed by atoms with van der Waals surface area (Å²) in [6.07, 6.45) is 2.02. The summed E-state index contributed by atoms with van der Waals surface area (Å²) in [5.41, 5.74) is 16.8. The van der Waals surface area contributed by atoms with Crippen LogP contribution in [0, 0.1) is 5.92 Å². The maximum atomic E-state index is 12.3. The zero-order valence-corrected chi connectivity index (χ0v) is 16.6. The van der Waals surface area contributed by atoms with Gasteiger partial charge in [-0.2, -0.15) is 4.98 Å². The van der Waals surface area contributed by atoms with Crippen molar-refractivity contribution in [2.45, 2.75) is 64.6 Å². The van der Waals surface area contributed by atoms with Crippen LogP contribution in [0.2, 0.25) is 0 Å². The molecule has 0 aliphatic carbocycles. The van der Waals surface area contributed by atoms with E-state index in [0.29, 0.717) is 13.0 Å². The third-order valence-electron chi connectivity index (χ3n) is 4.16. The van der Waals surface area contributed by atoms with Crippen LogP contribution in [0.25, 0.3) is 0 Å². The topological polar surface area (TPSA) is 192 Å². The van der Waals surface area contributed by atoms with Crippen molar-refractivity contribution < 1.29 is 18.9 Å². The summed E-state index contributed by atoms with van der Waals surface area (Å²) in [7, 11) is 0. The number of ketones is 1. The Kier molecular flexibility index (Phi) is 9.52. The van der Waals surface area contributed by atoms with Gasteiger partial charge in [-0.1, -0.05) is 25.4 Å². The van der Waals surface area contributed by atoms with Gasteiger partial charge in [0.1, 0.15) is 6.04 Å². The highest BCUT2D eigenvalue weighted by Crippen LogP contribution is 2.19. The first-order valence-electron chi connectivity index (χ1n) is 9.30. The third kappa shape index (κ3) is 7.61. The van der Waals surface area contributed by atoms with Crippen LogP contribution in [-0.2, 0) is 9.59 Å². The van der Waals surface area contributed by atoms with E-state index < -0.39 is 30.1 Å². The summed E-state index contributed by atoms with van der Waals surface area (Å²) in [5.74, 6) is -0.654. The lowest BCUT2D eigenvalue weighted by Crippen LogP contribution is -2.49. The number of nitrogens with one attached hydrogen (secondary N) is 2. The molecule has 1 aromatic heterocycles. The predicted octanol–water partition coefficient (Wildman–Crippen LogP) is 0.0277. The first kappa shape index (κ1) is 23.5. The van der Waals surface area contributed by atoms with Crippen molar-refractivity contribution in [3.63, 3.8) is 0 Å². The predicted molar refractivity (Wildman–Crippen MR) is 102 cm³/mol. The molecule has 28 heavy (non-hydrogen) atoms. The third-order valence-corrected chi connectivity index (χ3v) is 4.16. The Morgan fingerprint density at radius 1 is 1.18 bits per heavy atom. The molecule has 0 fully saturated rings. The molecule has 8 N–H and O–H groups in total.